The average molecular weight is 262 g/mol. The van der Waals surface area contributed by atoms with Crippen molar-refractivity contribution in [1.82, 2.24) is 4.90 Å². The van der Waals surface area contributed by atoms with E-state index in [2.05, 4.69) is 0 Å². The molecular formula is C11H13Cl2NO2. The summed E-state index contributed by atoms with van der Waals surface area (Å²) in [4.78, 5) is 12.4. The maximum atomic E-state index is 10.6. The molecule has 1 aromatic rings. The summed E-state index contributed by atoms with van der Waals surface area (Å²) >= 11 is 11.7. The lowest BCUT2D eigenvalue weighted by atomic mass is 10.2. The average Bonchev–Trinajstić information content (AvgIpc) is 2.14. The van der Waals surface area contributed by atoms with E-state index in [1.165, 1.54) is 0 Å². The highest BCUT2D eigenvalue weighted by molar-refractivity contribution is 6.34. The molecule has 0 aliphatic carbocycles. The molecule has 0 amide bonds. The van der Waals surface area contributed by atoms with Crippen LogP contribution in [-0.2, 0) is 11.3 Å². The van der Waals surface area contributed by atoms with Crippen molar-refractivity contribution >= 4 is 29.2 Å². The molecule has 3 nitrogen and oxygen atoms in total. The highest BCUT2D eigenvalue weighted by Crippen LogP contribution is 2.20. The number of carbonyl (C=O) groups is 1. The van der Waals surface area contributed by atoms with Crippen molar-refractivity contribution in [3.63, 3.8) is 0 Å². The van der Waals surface area contributed by atoms with Crippen LogP contribution in [0.4, 0.5) is 0 Å². The van der Waals surface area contributed by atoms with Crippen LogP contribution in [-0.4, -0.2) is 29.1 Å². The molecule has 0 unspecified atom stereocenters. The largest absolute Gasteiger partial charge is 0.480 e. The highest BCUT2D eigenvalue weighted by atomic mass is 35.5. The topological polar surface area (TPSA) is 40.5 Å². The molecular weight excluding hydrogens is 249 g/mol. The van der Waals surface area contributed by atoms with Crippen LogP contribution in [0.25, 0.3) is 0 Å². The molecule has 1 rings (SSSR count). The van der Waals surface area contributed by atoms with Crippen molar-refractivity contribution in [2.75, 3.05) is 13.1 Å². The van der Waals surface area contributed by atoms with Crippen molar-refractivity contribution < 1.29 is 9.90 Å². The number of benzene rings is 1. The van der Waals surface area contributed by atoms with Gasteiger partial charge >= 0.3 is 5.97 Å². The molecule has 0 heterocycles. The summed E-state index contributed by atoms with van der Waals surface area (Å²) in [5, 5.41) is 9.84. The van der Waals surface area contributed by atoms with E-state index in [0.29, 0.717) is 23.1 Å². The minimum atomic E-state index is -0.838. The first-order valence-electron chi connectivity index (χ1n) is 4.90. The van der Waals surface area contributed by atoms with Gasteiger partial charge in [0, 0.05) is 16.6 Å². The zero-order valence-electron chi connectivity index (χ0n) is 8.91. The lowest BCUT2D eigenvalue weighted by molar-refractivity contribution is -0.138. The van der Waals surface area contributed by atoms with Gasteiger partial charge in [0.05, 0.1) is 6.54 Å². The van der Waals surface area contributed by atoms with Gasteiger partial charge < -0.3 is 5.11 Å². The molecule has 1 N–H and O–H groups in total. The Morgan fingerprint density at radius 1 is 1.31 bits per heavy atom. The third kappa shape index (κ3) is 4.39. The molecule has 0 atom stereocenters. The van der Waals surface area contributed by atoms with Gasteiger partial charge in [0.2, 0.25) is 0 Å². The SMILES string of the molecule is CCN(CC(=O)O)Cc1cc(Cl)cc(Cl)c1. The van der Waals surface area contributed by atoms with Crippen LogP contribution in [0.3, 0.4) is 0 Å². The van der Waals surface area contributed by atoms with Crippen molar-refractivity contribution in [1.29, 1.82) is 0 Å². The standard InChI is InChI=1S/C11H13Cl2NO2/c1-2-14(7-11(15)16)6-8-3-9(12)5-10(13)4-8/h3-5H,2,6-7H2,1H3,(H,15,16). The van der Waals surface area contributed by atoms with E-state index in [1.807, 2.05) is 6.92 Å². The number of carboxylic acids is 1. The van der Waals surface area contributed by atoms with Crippen LogP contribution in [0.5, 0.6) is 0 Å². The lowest BCUT2D eigenvalue weighted by Crippen LogP contribution is -2.29. The summed E-state index contributed by atoms with van der Waals surface area (Å²) in [6.07, 6.45) is 0. The monoisotopic (exact) mass is 261 g/mol. The summed E-state index contributed by atoms with van der Waals surface area (Å²) in [7, 11) is 0. The van der Waals surface area contributed by atoms with Crippen LogP contribution in [0, 0.1) is 0 Å². The fraction of sp³-hybridized carbons (Fsp3) is 0.364. The number of halogens is 2. The quantitative estimate of drug-likeness (QED) is 0.886. The van der Waals surface area contributed by atoms with Crippen LogP contribution < -0.4 is 0 Å². The maximum Gasteiger partial charge on any atom is 0.317 e. The maximum absolute atomic E-state index is 10.6. The van der Waals surface area contributed by atoms with Gasteiger partial charge in [-0.3, -0.25) is 9.69 Å². The Hall–Kier alpha value is -0.770. The summed E-state index contributed by atoms with van der Waals surface area (Å²) < 4.78 is 0. The number of hydrogen-bond acceptors (Lipinski definition) is 2. The van der Waals surface area contributed by atoms with Crippen molar-refractivity contribution in [2.45, 2.75) is 13.5 Å². The van der Waals surface area contributed by atoms with E-state index >= 15 is 0 Å². The molecule has 0 aromatic heterocycles. The molecule has 88 valence electrons. The number of carboxylic acid groups (broad SMARTS) is 1. The Morgan fingerprint density at radius 2 is 1.88 bits per heavy atom. The Balaban J connectivity index is 2.73. The van der Waals surface area contributed by atoms with Crippen LogP contribution in [0.1, 0.15) is 12.5 Å². The van der Waals surface area contributed by atoms with Gasteiger partial charge in [0.1, 0.15) is 0 Å². The Bertz CT molecular complexity index is 362. The molecule has 0 fully saturated rings. The number of rotatable bonds is 5. The molecule has 0 aliphatic rings. The van der Waals surface area contributed by atoms with Gasteiger partial charge in [-0.25, -0.2) is 0 Å². The van der Waals surface area contributed by atoms with Crippen LogP contribution in [0.2, 0.25) is 10.0 Å². The fourth-order valence-electron chi connectivity index (χ4n) is 1.43. The predicted molar refractivity (Wildman–Crippen MR) is 65.0 cm³/mol. The summed E-state index contributed by atoms with van der Waals surface area (Å²) in [6, 6.07) is 5.23. The highest BCUT2D eigenvalue weighted by Gasteiger charge is 2.08. The van der Waals surface area contributed by atoms with Crippen LogP contribution in [0.15, 0.2) is 18.2 Å². The Labute approximate surface area is 105 Å². The minimum Gasteiger partial charge on any atom is -0.480 e. The summed E-state index contributed by atoms with van der Waals surface area (Å²) in [6.45, 7) is 3.12. The molecule has 0 aliphatic heterocycles. The summed E-state index contributed by atoms with van der Waals surface area (Å²) in [5.41, 5.74) is 0.917. The third-order valence-corrected chi connectivity index (χ3v) is 2.57. The molecule has 0 bridgehead atoms. The Morgan fingerprint density at radius 3 is 2.31 bits per heavy atom. The lowest BCUT2D eigenvalue weighted by Gasteiger charge is -2.18. The second-order valence-electron chi connectivity index (χ2n) is 3.47. The number of aliphatic carboxylic acids is 1. The van der Waals surface area contributed by atoms with Gasteiger partial charge in [0.15, 0.2) is 0 Å². The second kappa shape index (κ2) is 6.09. The van der Waals surface area contributed by atoms with Gasteiger partial charge in [-0.2, -0.15) is 0 Å². The van der Waals surface area contributed by atoms with Crippen LogP contribution >= 0.6 is 23.2 Å². The molecule has 1 aromatic carbocycles. The van der Waals surface area contributed by atoms with Gasteiger partial charge in [0.25, 0.3) is 0 Å². The third-order valence-electron chi connectivity index (χ3n) is 2.13. The van der Waals surface area contributed by atoms with E-state index in [9.17, 15) is 4.79 Å². The van der Waals surface area contributed by atoms with Gasteiger partial charge in [-0.05, 0) is 30.3 Å². The van der Waals surface area contributed by atoms with Crippen molar-refractivity contribution in [3.8, 4) is 0 Å². The smallest absolute Gasteiger partial charge is 0.317 e. The molecule has 0 spiro atoms. The van der Waals surface area contributed by atoms with E-state index < -0.39 is 5.97 Å². The second-order valence-corrected chi connectivity index (χ2v) is 4.35. The molecule has 16 heavy (non-hydrogen) atoms. The first kappa shape index (κ1) is 13.3. The van der Waals surface area contributed by atoms with Gasteiger partial charge in [-0.15, -0.1) is 0 Å². The summed E-state index contributed by atoms with van der Waals surface area (Å²) in [5.74, 6) is -0.838. The van der Waals surface area contributed by atoms with Gasteiger partial charge in [-0.1, -0.05) is 30.1 Å². The number of hydrogen-bond donors (Lipinski definition) is 1. The number of nitrogens with zero attached hydrogens (tertiary/aromatic N) is 1. The van der Waals surface area contributed by atoms with Crippen molar-refractivity contribution in [2.24, 2.45) is 0 Å². The predicted octanol–water partition coefficient (Wildman–Crippen LogP) is 2.90. The normalized spacial score (nSPS) is 10.8. The van der Waals surface area contributed by atoms with E-state index in [-0.39, 0.29) is 6.54 Å². The first-order valence-corrected chi connectivity index (χ1v) is 5.66. The molecule has 0 saturated heterocycles. The van der Waals surface area contributed by atoms with Crippen molar-refractivity contribution in [3.05, 3.63) is 33.8 Å². The first-order chi connectivity index (χ1) is 7.51. The molecule has 0 saturated carbocycles. The number of likely N-dealkylation sites (N-methyl/N-ethyl adjacent to an activating group) is 1. The van der Waals surface area contributed by atoms with E-state index in [1.54, 1.807) is 23.1 Å². The zero-order chi connectivity index (χ0) is 12.1. The fourth-order valence-corrected chi connectivity index (χ4v) is 2.00. The zero-order valence-corrected chi connectivity index (χ0v) is 10.4. The Kier molecular flexibility index (Phi) is 5.06. The van der Waals surface area contributed by atoms with E-state index in [4.69, 9.17) is 28.3 Å². The van der Waals surface area contributed by atoms with E-state index in [0.717, 1.165) is 5.56 Å². The minimum absolute atomic E-state index is 0.0145. The molecule has 5 heteroatoms. The molecule has 0 radical (unpaired) electrons.